The molecule has 0 fully saturated rings. The molecule has 3 nitrogen and oxygen atoms in total. The Morgan fingerprint density at radius 2 is 1.91 bits per heavy atom. The van der Waals surface area contributed by atoms with Crippen molar-refractivity contribution in [3.8, 4) is 17.2 Å². The van der Waals surface area contributed by atoms with E-state index in [2.05, 4.69) is 6.07 Å². The second kappa shape index (κ2) is 6.12. The number of rotatable bonds is 2. The summed E-state index contributed by atoms with van der Waals surface area (Å²) in [6, 6.07) is 18.6. The molecule has 0 unspecified atom stereocenters. The number of fused-ring (bicyclic) bond motifs is 1. The Morgan fingerprint density at radius 3 is 2.65 bits per heavy atom. The minimum Gasteiger partial charge on any atom is -0.465 e. The van der Waals surface area contributed by atoms with Gasteiger partial charge >= 0.3 is 5.97 Å². The molecule has 3 aromatic rings. The highest BCUT2D eigenvalue weighted by molar-refractivity contribution is 6.30. The molecule has 0 saturated carbocycles. The van der Waals surface area contributed by atoms with Gasteiger partial charge in [0.2, 0.25) is 0 Å². The predicted molar refractivity (Wildman–Crippen MR) is 90.4 cm³/mol. The third-order valence-corrected chi connectivity index (χ3v) is 3.93. The maximum atomic E-state index is 11.8. The number of carbonyl (C=O) groups is 1. The monoisotopic (exact) mass is 321 g/mol. The first-order chi connectivity index (χ1) is 11.1. The Bertz CT molecular complexity index is 957. The number of esters is 1. The van der Waals surface area contributed by atoms with Crippen molar-refractivity contribution in [3.05, 3.63) is 70.7 Å². The number of hydrogen-bond donors (Lipinski definition) is 0. The van der Waals surface area contributed by atoms with Crippen LogP contribution < -0.4 is 0 Å². The molecule has 0 atom stereocenters. The van der Waals surface area contributed by atoms with Gasteiger partial charge in [-0.2, -0.15) is 5.26 Å². The highest BCUT2D eigenvalue weighted by Gasteiger charge is 2.12. The van der Waals surface area contributed by atoms with Gasteiger partial charge in [0.1, 0.15) is 0 Å². The van der Waals surface area contributed by atoms with Crippen LogP contribution in [0.4, 0.5) is 0 Å². The molecule has 0 aliphatic carbocycles. The van der Waals surface area contributed by atoms with E-state index in [-0.39, 0.29) is 0 Å². The van der Waals surface area contributed by atoms with Crippen molar-refractivity contribution in [2.75, 3.05) is 7.11 Å². The van der Waals surface area contributed by atoms with E-state index in [0.717, 1.165) is 21.9 Å². The molecule has 0 spiro atoms. The minimum atomic E-state index is -0.390. The Hall–Kier alpha value is -2.83. The van der Waals surface area contributed by atoms with Crippen LogP contribution in [0.15, 0.2) is 54.6 Å². The van der Waals surface area contributed by atoms with Crippen LogP contribution in [0.1, 0.15) is 15.9 Å². The second-order valence-electron chi connectivity index (χ2n) is 5.03. The summed E-state index contributed by atoms with van der Waals surface area (Å²) in [7, 11) is 1.35. The third-order valence-electron chi connectivity index (χ3n) is 3.70. The Morgan fingerprint density at radius 1 is 1.09 bits per heavy atom. The van der Waals surface area contributed by atoms with Crippen LogP contribution in [-0.4, -0.2) is 13.1 Å². The van der Waals surface area contributed by atoms with E-state index in [0.29, 0.717) is 16.1 Å². The molecule has 0 aliphatic heterocycles. The normalized spacial score (nSPS) is 10.3. The third kappa shape index (κ3) is 2.77. The number of carbonyl (C=O) groups excluding carboxylic acids is 1. The van der Waals surface area contributed by atoms with Gasteiger partial charge in [0.25, 0.3) is 0 Å². The molecule has 0 aliphatic rings. The SMILES string of the molecule is COC(=O)c1ccc2cccc(-c3ccc(Cl)cc3C#N)c2c1. The molecule has 0 bridgehead atoms. The largest absolute Gasteiger partial charge is 0.465 e. The molecule has 0 N–H and O–H groups in total. The Labute approximate surface area is 138 Å². The fourth-order valence-corrected chi connectivity index (χ4v) is 2.77. The van der Waals surface area contributed by atoms with Gasteiger partial charge in [-0.05, 0) is 40.6 Å². The van der Waals surface area contributed by atoms with Gasteiger partial charge in [0.05, 0.1) is 24.3 Å². The van der Waals surface area contributed by atoms with Crippen molar-refractivity contribution in [2.45, 2.75) is 0 Å². The van der Waals surface area contributed by atoms with Crippen LogP contribution >= 0.6 is 11.6 Å². The molecule has 0 heterocycles. The lowest BCUT2D eigenvalue weighted by Gasteiger charge is -2.10. The van der Waals surface area contributed by atoms with Gasteiger partial charge < -0.3 is 4.74 Å². The number of ether oxygens (including phenoxy) is 1. The van der Waals surface area contributed by atoms with Gasteiger partial charge in [0, 0.05) is 10.6 Å². The fraction of sp³-hybridized carbons (Fsp3) is 0.0526. The summed E-state index contributed by atoms with van der Waals surface area (Å²) in [6.07, 6.45) is 0. The average molecular weight is 322 g/mol. The first-order valence-corrected chi connectivity index (χ1v) is 7.33. The highest BCUT2D eigenvalue weighted by Crippen LogP contribution is 2.32. The number of nitriles is 1. The molecule has 112 valence electrons. The molecule has 3 rings (SSSR count). The van der Waals surface area contributed by atoms with Crippen molar-refractivity contribution in [2.24, 2.45) is 0 Å². The maximum Gasteiger partial charge on any atom is 0.337 e. The van der Waals surface area contributed by atoms with Gasteiger partial charge in [0.15, 0.2) is 0 Å². The zero-order valence-electron chi connectivity index (χ0n) is 12.3. The molecule has 0 saturated heterocycles. The first-order valence-electron chi connectivity index (χ1n) is 6.95. The molecule has 23 heavy (non-hydrogen) atoms. The van der Waals surface area contributed by atoms with Crippen molar-refractivity contribution >= 4 is 28.3 Å². The molecule has 0 radical (unpaired) electrons. The minimum absolute atomic E-state index is 0.390. The number of methoxy groups -OCH3 is 1. The summed E-state index contributed by atoms with van der Waals surface area (Å²) >= 11 is 5.97. The van der Waals surface area contributed by atoms with E-state index in [1.54, 1.807) is 24.3 Å². The lowest BCUT2D eigenvalue weighted by Crippen LogP contribution is -2.00. The summed E-state index contributed by atoms with van der Waals surface area (Å²) in [6.45, 7) is 0. The van der Waals surface area contributed by atoms with Crippen LogP contribution in [0.25, 0.3) is 21.9 Å². The molecular weight excluding hydrogens is 310 g/mol. The zero-order valence-corrected chi connectivity index (χ0v) is 13.1. The van der Waals surface area contributed by atoms with Gasteiger partial charge in [-0.3, -0.25) is 0 Å². The molecular formula is C19H12ClNO2. The van der Waals surface area contributed by atoms with Crippen molar-refractivity contribution in [1.82, 2.24) is 0 Å². The van der Waals surface area contributed by atoms with E-state index >= 15 is 0 Å². The standard InChI is InChI=1S/C19H12ClNO2/c1-23-19(22)13-6-5-12-3-2-4-17(18(12)10-13)16-8-7-15(20)9-14(16)11-21/h2-10H,1H3. The smallest absolute Gasteiger partial charge is 0.337 e. The molecule has 0 amide bonds. The first kappa shape index (κ1) is 15.1. The summed E-state index contributed by atoms with van der Waals surface area (Å²) in [5, 5.41) is 11.8. The van der Waals surface area contributed by atoms with Crippen LogP contribution in [0.5, 0.6) is 0 Å². The second-order valence-corrected chi connectivity index (χ2v) is 5.47. The number of nitrogens with zero attached hydrogens (tertiary/aromatic N) is 1. The summed E-state index contributed by atoms with van der Waals surface area (Å²) in [5.74, 6) is -0.390. The topological polar surface area (TPSA) is 50.1 Å². The molecule has 3 aromatic carbocycles. The lowest BCUT2D eigenvalue weighted by molar-refractivity contribution is 0.0601. The van der Waals surface area contributed by atoms with Crippen LogP contribution in [0.2, 0.25) is 5.02 Å². The number of halogens is 1. The molecule has 0 aromatic heterocycles. The summed E-state index contributed by atoms with van der Waals surface area (Å²) in [5.41, 5.74) is 2.62. The van der Waals surface area contributed by atoms with Gasteiger partial charge in [-0.1, -0.05) is 41.9 Å². The Kier molecular flexibility index (Phi) is 4.01. The Balaban J connectivity index is 2.30. The quantitative estimate of drug-likeness (QED) is 0.636. The zero-order chi connectivity index (χ0) is 16.4. The van der Waals surface area contributed by atoms with E-state index in [1.165, 1.54) is 7.11 Å². The van der Waals surface area contributed by atoms with Crippen molar-refractivity contribution < 1.29 is 9.53 Å². The van der Waals surface area contributed by atoms with Crippen LogP contribution in [-0.2, 0) is 4.74 Å². The predicted octanol–water partition coefficient (Wildman–Crippen LogP) is 4.82. The van der Waals surface area contributed by atoms with Gasteiger partial charge in [-0.25, -0.2) is 4.79 Å². The number of hydrogen-bond acceptors (Lipinski definition) is 3. The van der Waals surface area contributed by atoms with Gasteiger partial charge in [-0.15, -0.1) is 0 Å². The summed E-state index contributed by atoms with van der Waals surface area (Å²) < 4.78 is 4.78. The maximum absolute atomic E-state index is 11.8. The fourth-order valence-electron chi connectivity index (χ4n) is 2.60. The van der Waals surface area contributed by atoms with E-state index < -0.39 is 5.97 Å². The highest BCUT2D eigenvalue weighted by atomic mass is 35.5. The van der Waals surface area contributed by atoms with Crippen LogP contribution in [0.3, 0.4) is 0 Å². The number of benzene rings is 3. The van der Waals surface area contributed by atoms with Crippen molar-refractivity contribution in [3.63, 3.8) is 0 Å². The molecule has 4 heteroatoms. The van der Waals surface area contributed by atoms with Crippen LogP contribution in [0, 0.1) is 11.3 Å². The van der Waals surface area contributed by atoms with E-state index in [1.807, 2.05) is 30.3 Å². The van der Waals surface area contributed by atoms with E-state index in [4.69, 9.17) is 16.3 Å². The van der Waals surface area contributed by atoms with E-state index in [9.17, 15) is 10.1 Å². The average Bonchev–Trinajstić information content (AvgIpc) is 2.60. The summed E-state index contributed by atoms with van der Waals surface area (Å²) in [4.78, 5) is 11.8. The van der Waals surface area contributed by atoms with Crippen molar-refractivity contribution in [1.29, 1.82) is 5.26 Å². The lowest BCUT2D eigenvalue weighted by atomic mass is 9.94.